The Morgan fingerprint density at radius 2 is 0.771 bits per heavy atom. The van der Waals surface area contributed by atoms with Gasteiger partial charge in [0.15, 0.2) is 15.9 Å². The minimum Gasteiger partial charge on any atom is -0.595 e. The lowest BCUT2D eigenvalue weighted by atomic mass is 9.90. The Kier molecular flexibility index (Phi) is 11.9. The van der Waals surface area contributed by atoms with Gasteiger partial charge in [-0.25, -0.2) is 0 Å². The van der Waals surface area contributed by atoms with Gasteiger partial charge in [-0.3, -0.25) is 28.5 Å². The van der Waals surface area contributed by atoms with Crippen molar-refractivity contribution >= 4 is 39.9 Å². The molecule has 0 saturated carbocycles. The summed E-state index contributed by atoms with van der Waals surface area (Å²) in [6.07, 6.45) is 4.87. The van der Waals surface area contributed by atoms with E-state index in [9.17, 15) is 14.7 Å². The van der Waals surface area contributed by atoms with E-state index < -0.39 is 40.2 Å². The number of rotatable bonds is 9. The molecule has 0 amide bonds. The summed E-state index contributed by atoms with van der Waals surface area (Å²) in [5, 5.41) is 1.39. The van der Waals surface area contributed by atoms with Gasteiger partial charge in [-0.1, -0.05) is 86.6 Å². The minimum atomic E-state index is -2.61. The first-order valence-corrected chi connectivity index (χ1v) is 19.0. The SMILES string of the molecule is CC(C)(C)C(c1ccccn1)=[P+]([O-])Oc1cccc(O[P+]([O-])=C(c2ccccn2)C(C)(C)C)c1O[P+]([O-])=C(c1ccccn1)C(C)(C)C. The summed E-state index contributed by atoms with van der Waals surface area (Å²) in [4.78, 5) is 55.7. The first-order chi connectivity index (χ1) is 22.5. The van der Waals surface area contributed by atoms with E-state index in [1.165, 1.54) is 0 Å². The van der Waals surface area contributed by atoms with Gasteiger partial charge < -0.3 is 14.7 Å². The number of hydrogen-bond acceptors (Lipinski definition) is 9. The number of pyridine rings is 3. The van der Waals surface area contributed by atoms with Crippen LogP contribution in [0.4, 0.5) is 0 Å². The molecule has 252 valence electrons. The molecule has 4 rings (SSSR count). The average Bonchev–Trinajstić information content (AvgIpc) is 2.98. The second kappa shape index (κ2) is 15.3. The Hall–Kier alpha value is -3.54. The standard InChI is InChI=1S/C36H42N3O6P3/c1-34(2,3)31(25-17-10-13-22-37-25)46(40)43-28-20-16-21-29(44-47(41)32(35(4,5)6)26-18-11-14-23-38-26)30(28)45-48(42)33(36(7,8)9)27-19-12-15-24-39-27/h10-24H,1-9H3. The fraction of sp³-hybridized carbons (Fsp3) is 0.333. The summed E-state index contributed by atoms with van der Waals surface area (Å²) in [5.41, 5.74) is -0.246. The van der Waals surface area contributed by atoms with Gasteiger partial charge in [0.1, 0.15) is 17.1 Å². The van der Waals surface area contributed by atoms with Gasteiger partial charge in [0, 0.05) is 34.8 Å². The van der Waals surface area contributed by atoms with Gasteiger partial charge >= 0.3 is 0 Å². The summed E-state index contributed by atoms with van der Waals surface area (Å²) < 4.78 is 18.5. The fourth-order valence-corrected chi connectivity index (χ4v) is 8.76. The maximum Gasteiger partial charge on any atom is 0.283 e. The predicted molar refractivity (Wildman–Crippen MR) is 192 cm³/mol. The van der Waals surface area contributed by atoms with E-state index >= 15 is 0 Å². The Morgan fingerprint density at radius 1 is 0.458 bits per heavy atom. The number of aromatic nitrogens is 3. The highest BCUT2D eigenvalue weighted by Crippen LogP contribution is 2.48. The molecule has 48 heavy (non-hydrogen) atoms. The molecule has 0 aliphatic heterocycles. The summed E-state index contributed by atoms with van der Waals surface area (Å²) in [6, 6.07) is 20.8. The monoisotopic (exact) mass is 705 g/mol. The maximum absolute atomic E-state index is 14.2. The van der Waals surface area contributed by atoms with Gasteiger partial charge in [0.2, 0.25) is 11.5 Å². The Bertz CT molecular complexity index is 1720. The van der Waals surface area contributed by atoms with Crippen LogP contribution >= 0.6 is 24.0 Å². The molecule has 0 fully saturated rings. The zero-order valence-corrected chi connectivity index (χ0v) is 31.5. The Balaban J connectivity index is 1.95. The van der Waals surface area contributed by atoms with E-state index in [1.807, 2.05) is 74.4 Å². The molecule has 4 aromatic rings. The van der Waals surface area contributed by atoms with Crippen LogP contribution in [0.3, 0.4) is 0 Å². The van der Waals surface area contributed by atoms with Crippen molar-refractivity contribution in [3.63, 3.8) is 0 Å². The molecular formula is C36H42N3O6P3. The van der Waals surface area contributed by atoms with Crippen molar-refractivity contribution in [2.75, 3.05) is 0 Å². The van der Waals surface area contributed by atoms with Crippen LogP contribution in [0.15, 0.2) is 91.4 Å². The molecule has 3 unspecified atom stereocenters. The maximum atomic E-state index is 14.2. The molecule has 3 aromatic heterocycles. The molecule has 0 spiro atoms. The molecule has 0 aliphatic rings. The third-order valence-electron chi connectivity index (χ3n) is 6.88. The summed E-state index contributed by atoms with van der Waals surface area (Å²) in [7, 11) is -7.70. The van der Waals surface area contributed by atoms with E-state index in [0.717, 1.165) is 0 Å². The van der Waals surface area contributed by atoms with Crippen LogP contribution in [0.2, 0.25) is 0 Å². The number of hydrogen-bond donors (Lipinski definition) is 0. The van der Waals surface area contributed by atoms with Crippen LogP contribution in [0.25, 0.3) is 0 Å². The van der Waals surface area contributed by atoms with E-state index in [4.69, 9.17) is 13.6 Å². The van der Waals surface area contributed by atoms with E-state index in [1.54, 1.807) is 79.3 Å². The van der Waals surface area contributed by atoms with Crippen molar-refractivity contribution in [2.24, 2.45) is 16.2 Å². The lowest BCUT2D eigenvalue weighted by Gasteiger charge is -2.21. The van der Waals surface area contributed by atoms with Crippen LogP contribution in [-0.2, 0) is 0 Å². The number of benzene rings is 1. The van der Waals surface area contributed by atoms with Crippen LogP contribution in [0, 0.1) is 16.2 Å². The normalized spacial score (nSPS) is 14.0. The smallest absolute Gasteiger partial charge is 0.283 e. The minimum absolute atomic E-state index is 0.00228. The van der Waals surface area contributed by atoms with Gasteiger partial charge in [0.25, 0.3) is 29.7 Å². The molecular weight excluding hydrogens is 663 g/mol. The zero-order valence-electron chi connectivity index (χ0n) is 28.8. The van der Waals surface area contributed by atoms with Crippen LogP contribution in [0.5, 0.6) is 17.2 Å². The largest absolute Gasteiger partial charge is 0.595 e. The Morgan fingerprint density at radius 3 is 1.04 bits per heavy atom. The van der Waals surface area contributed by atoms with E-state index in [-0.39, 0.29) is 17.2 Å². The highest BCUT2D eigenvalue weighted by Gasteiger charge is 2.36. The predicted octanol–water partition coefficient (Wildman–Crippen LogP) is 6.83. The molecule has 0 saturated heterocycles. The van der Waals surface area contributed by atoms with Gasteiger partial charge in [-0.2, -0.15) is 0 Å². The van der Waals surface area contributed by atoms with Crippen LogP contribution in [-0.4, -0.2) is 30.8 Å². The molecule has 0 bridgehead atoms. The molecule has 0 aliphatic carbocycles. The molecule has 3 atom stereocenters. The van der Waals surface area contributed by atoms with Crippen molar-refractivity contribution in [1.29, 1.82) is 0 Å². The Labute approximate surface area is 286 Å². The van der Waals surface area contributed by atoms with Gasteiger partial charge in [0.05, 0.1) is 0 Å². The topological polar surface area (TPSA) is 136 Å². The summed E-state index contributed by atoms with van der Waals surface area (Å²) in [5.74, 6) is -0.100. The molecule has 0 radical (unpaired) electrons. The highest BCUT2D eigenvalue weighted by atomic mass is 31.1. The molecule has 12 heteroatoms. The van der Waals surface area contributed by atoms with Gasteiger partial charge in [-0.15, -0.1) is 0 Å². The number of para-hydroxylation sites is 1. The quantitative estimate of drug-likeness (QED) is 0.172. The van der Waals surface area contributed by atoms with Crippen LogP contribution < -0.4 is 28.3 Å². The fourth-order valence-electron chi connectivity index (χ4n) is 4.89. The highest BCUT2D eigenvalue weighted by molar-refractivity contribution is 7.49. The second-order valence-electron chi connectivity index (χ2n) is 14.1. The van der Waals surface area contributed by atoms with Crippen molar-refractivity contribution in [1.82, 2.24) is 15.0 Å². The lowest BCUT2D eigenvalue weighted by Crippen LogP contribution is -2.26. The summed E-state index contributed by atoms with van der Waals surface area (Å²) in [6.45, 7) is 17.3. The third-order valence-corrected chi connectivity index (χ3v) is 11.7. The average molecular weight is 706 g/mol. The van der Waals surface area contributed by atoms with Crippen LogP contribution in [0.1, 0.15) is 79.4 Å². The molecule has 9 nitrogen and oxygen atoms in total. The van der Waals surface area contributed by atoms with Crippen molar-refractivity contribution in [3.8, 4) is 17.2 Å². The van der Waals surface area contributed by atoms with Crippen molar-refractivity contribution in [2.45, 2.75) is 62.3 Å². The van der Waals surface area contributed by atoms with Gasteiger partial charge in [-0.05, 0) is 48.5 Å². The van der Waals surface area contributed by atoms with E-state index in [0.29, 0.717) is 33.0 Å². The molecule has 1 aromatic carbocycles. The van der Waals surface area contributed by atoms with E-state index in [2.05, 4.69) is 15.0 Å². The second-order valence-corrected chi connectivity index (χ2v) is 17.5. The third kappa shape index (κ3) is 9.33. The summed E-state index contributed by atoms with van der Waals surface area (Å²) >= 11 is 0. The van der Waals surface area contributed by atoms with Crippen molar-refractivity contribution in [3.05, 3.63) is 108 Å². The van der Waals surface area contributed by atoms with Crippen molar-refractivity contribution < 1.29 is 28.3 Å². The first-order valence-electron chi connectivity index (χ1n) is 15.4. The molecule has 0 N–H and O–H groups in total. The zero-order chi connectivity index (χ0) is 35.3. The lowest BCUT2D eigenvalue weighted by molar-refractivity contribution is -0.168. The first kappa shape index (κ1) is 37.3. The molecule has 3 heterocycles. The number of nitrogens with zero attached hydrogens (tertiary/aromatic N) is 3.